The molecule has 186 valence electrons. The zero-order chi connectivity index (χ0) is 26.3. The van der Waals surface area contributed by atoms with Crippen LogP contribution in [-0.4, -0.2) is 23.0 Å². The van der Waals surface area contributed by atoms with Gasteiger partial charge in [0.05, 0.1) is 16.1 Å². The molecule has 0 amide bonds. The number of aryl methyl sites for hydroxylation is 2. The summed E-state index contributed by atoms with van der Waals surface area (Å²) in [6.07, 6.45) is 2.84. The Morgan fingerprint density at radius 3 is 2.41 bits per heavy atom. The van der Waals surface area contributed by atoms with Crippen LogP contribution < -0.4 is 10.3 Å². The first kappa shape index (κ1) is 24.6. The van der Waals surface area contributed by atoms with Crippen LogP contribution in [0.2, 0.25) is 5.02 Å². The summed E-state index contributed by atoms with van der Waals surface area (Å²) in [6, 6.07) is 17.0. The van der Waals surface area contributed by atoms with Gasteiger partial charge < -0.3 is 0 Å². The van der Waals surface area contributed by atoms with Gasteiger partial charge in [-0.25, -0.2) is 27.5 Å². The number of halogens is 2. The van der Waals surface area contributed by atoms with Gasteiger partial charge in [0.1, 0.15) is 5.82 Å². The van der Waals surface area contributed by atoms with Gasteiger partial charge >= 0.3 is 0 Å². The Morgan fingerprint density at radius 2 is 1.68 bits per heavy atom. The highest BCUT2D eigenvalue weighted by molar-refractivity contribution is 7.92. The van der Waals surface area contributed by atoms with Gasteiger partial charge in [0.15, 0.2) is 0 Å². The third-order valence-corrected chi connectivity index (χ3v) is 7.71. The molecule has 37 heavy (non-hydrogen) atoms. The number of nitrogens with one attached hydrogen (secondary N) is 1. The van der Waals surface area contributed by atoms with Gasteiger partial charge in [-0.3, -0.25) is 9.36 Å². The first-order chi connectivity index (χ1) is 17.6. The quantitative estimate of drug-likeness (QED) is 0.314. The van der Waals surface area contributed by atoms with Crippen molar-refractivity contribution >= 4 is 38.5 Å². The van der Waals surface area contributed by atoms with E-state index in [2.05, 4.69) is 14.7 Å². The Morgan fingerprint density at radius 1 is 0.919 bits per heavy atom. The fourth-order valence-electron chi connectivity index (χ4n) is 4.12. The summed E-state index contributed by atoms with van der Waals surface area (Å²) in [5.74, 6) is -0.563. The summed E-state index contributed by atoms with van der Waals surface area (Å²) < 4.78 is 44.8. The van der Waals surface area contributed by atoms with Gasteiger partial charge in [0.25, 0.3) is 15.6 Å². The van der Waals surface area contributed by atoms with Crippen molar-refractivity contribution < 1.29 is 12.8 Å². The molecule has 0 radical (unpaired) electrons. The van der Waals surface area contributed by atoms with E-state index in [-0.39, 0.29) is 16.4 Å². The average Bonchev–Trinajstić information content (AvgIpc) is 2.87. The molecule has 0 bridgehead atoms. The van der Waals surface area contributed by atoms with Crippen molar-refractivity contribution in [2.45, 2.75) is 18.7 Å². The van der Waals surface area contributed by atoms with Crippen LogP contribution in [0.15, 0.2) is 88.8 Å². The Kier molecular flexibility index (Phi) is 6.26. The standard InChI is InChI=1S/C27H20ClFN4O3S/c1-16-12-18(4-7-22(16)28)21-13-17(2)25(15-23(21)29)33-24-8-6-20(14-19(24)5-9-26(33)34)37(35,36)32-27-30-10-3-11-31-27/h3-15H,1-2H3,(H,30,31,32). The predicted molar refractivity (Wildman–Crippen MR) is 142 cm³/mol. The van der Waals surface area contributed by atoms with Gasteiger partial charge in [-0.2, -0.15) is 0 Å². The maximum Gasteiger partial charge on any atom is 0.264 e. The van der Waals surface area contributed by atoms with Crippen LogP contribution >= 0.6 is 11.6 Å². The molecule has 7 nitrogen and oxygen atoms in total. The predicted octanol–water partition coefficient (Wildman–Crippen LogP) is 5.66. The monoisotopic (exact) mass is 534 g/mol. The lowest BCUT2D eigenvalue weighted by molar-refractivity contribution is 0.601. The molecule has 0 fully saturated rings. The maximum absolute atomic E-state index is 15.3. The van der Waals surface area contributed by atoms with E-state index in [0.717, 1.165) is 5.56 Å². The highest BCUT2D eigenvalue weighted by atomic mass is 35.5. The molecule has 0 aliphatic rings. The molecular formula is C27H20ClFN4O3S. The number of hydrogen-bond donors (Lipinski definition) is 1. The first-order valence-electron chi connectivity index (χ1n) is 11.2. The molecule has 0 saturated carbocycles. The Balaban J connectivity index is 1.60. The van der Waals surface area contributed by atoms with Crippen LogP contribution in [0, 0.1) is 19.7 Å². The molecular weight excluding hydrogens is 515 g/mol. The van der Waals surface area contributed by atoms with Crippen LogP contribution in [-0.2, 0) is 10.0 Å². The van der Waals surface area contributed by atoms with Gasteiger partial charge in [-0.15, -0.1) is 0 Å². The highest BCUT2D eigenvalue weighted by Crippen LogP contribution is 2.31. The number of rotatable bonds is 5. The number of sulfonamides is 1. The molecule has 10 heteroatoms. The minimum Gasteiger partial charge on any atom is -0.277 e. The third-order valence-electron chi connectivity index (χ3n) is 5.96. The molecule has 0 unspecified atom stereocenters. The molecule has 0 aliphatic carbocycles. The normalized spacial score (nSPS) is 11.6. The van der Waals surface area contributed by atoms with Crippen LogP contribution in [0.1, 0.15) is 11.1 Å². The fraction of sp³-hybridized carbons (Fsp3) is 0.0741. The first-order valence-corrected chi connectivity index (χ1v) is 13.0. The molecule has 2 aromatic heterocycles. The topological polar surface area (TPSA) is 94.0 Å². The molecule has 5 rings (SSSR count). The lowest BCUT2D eigenvalue weighted by Crippen LogP contribution is -2.19. The second-order valence-electron chi connectivity index (χ2n) is 8.49. The Bertz CT molecular complexity index is 1840. The number of benzene rings is 3. The van der Waals surface area contributed by atoms with Gasteiger partial charge in [0, 0.05) is 34.4 Å². The van der Waals surface area contributed by atoms with E-state index < -0.39 is 15.8 Å². The molecule has 1 N–H and O–H groups in total. The van der Waals surface area contributed by atoms with Crippen molar-refractivity contribution in [3.05, 3.63) is 111 Å². The van der Waals surface area contributed by atoms with E-state index in [0.29, 0.717) is 38.3 Å². The lowest BCUT2D eigenvalue weighted by atomic mass is 9.99. The van der Waals surface area contributed by atoms with Crippen molar-refractivity contribution in [1.29, 1.82) is 0 Å². The number of anilines is 1. The summed E-state index contributed by atoms with van der Waals surface area (Å²) in [6.45, 7) is 3.63. The molecule has 0 saturated heterocycles. The molecule has 3 aromatic carbocycles. The zero-order valence-corrected chi connectivity index (χ0v) is 21.3. The molecule has 0 spiro atoms. The number of fused-ring (bicyclic) bond motifs is 1. The van der Waals surface area contributed by atoms with E-state index in [1.165, 1.54) is 53.4 Å². The highest BCUT2D eigenvalue weighted by Gasteiger charge is 2.18. The number of aromatic nitrogens is 3. The Labute approximate surface area is 217 Å². The maximum atomic E-state index is 15.3. The fourth-order valence-corrected chi connectivity index (χ4v) is 5.23. The molecule has 0 aliphatic heterocycles. The van der Waals surface area contributed by atoms with Gasteiger partial charge in [0.2, 0.25) is 5.95 Å². The van der Waals surface area contributed by atoms with E-state index in [4.69, 9.17) is 11.6 Å². The van der Waals surface area contributed by atoms with Gasteiger partial charge in [-0.05, 0) is 85.1 Å². The number of nitrogens with zero attached hydrogens (tertiary/aromatic N) is 3. The number of pyridine rings is 1. The summed E-state index contributed by atoms with van der Waals surface area (Å²) in [5, 5.41) is 1.07. The smallest absolute Gasteiger partial charge is 0.264 e. The summed E-state index contributed by atoms with van der Waals surface area (Å²) in [7, 11) is -3.98. The van der Waals surface area contributed by atoms with Crippen molar-refractivity contribution in [3.63, 3.8) is 0 Å². The van der Waals surface area contributed by atoms with Crippen LogP contribution in [0.25, 0.3) is 27.7 Å². The van der Waals surface area contributed by atoms with Crippen LogP contribution in [0.5, 0.6) is 0 Å². The third kappa shape index (κ3) is 4.71. The van der Waals surface area contributed by atoms with E-state index in [1.807, 2.05) is 6.92 Å². The second-order valence-corrected chi connectivity index (χ2v) is 10.6. The SMILES string of the molecule is Cc1cc(-c2cc(C)c(-n3c(=O)ccc4cc(S(=O)(=O)Nc5ncccn5)ccc43)cc2F)ccc1Cl. The minimum atomic E-state index is -3.98. The van der Waals surface area contributed by atoms with E-state index >= 15 is 4.39 Å². The summed E-state index contributed by atoms with van der Waals surface area (Å²) in [4.78, 5) is 20.7. The van der Waals surface area contributed by atoms with E-state index in [9.17, 15) is 13.2 Å². The lowest BCUT2D eigenvalue weighted by Gasteiger charge is -2.16. The largest absolute Gasteiger partial charge is 0.277 e. The zero-order valence-electron chi connectivity index (χ0n) is 19.7. The van der Waals surface area contributed by atoms with Crippen LogP contribution in [0.3, 0.4) is 0 Å². The Hall–Kier alpha value is -4.08. The van der Waals surface area contributed by atoms with Crippen LogP contribution in [0.4, 0.5) is 10.3 Å². The van der Waals surface area contributed by atoms with Crippen molar-refractivity contribution in [2.24, 2.45) is 0 Å². The average molecular weight is 535 g/mol. The van der Waals surface area contributed by atoms with Crippen molar-refractivity contribution in [1.82, 2.24) is 14.5 Å². The van der Waals surface area contributed by atoms with Crippen molar-refractivity contribution in [2.75, 3.05) is 4.72 Å². The summed E-state index contributed by atoms with van der Waals surface area (Å²) in [5.41, 5.74) is 2.95. The summed E-state index contributed by atoms with van der Waals surface area (Å²) >= 11 is 6.12. The van der Waals surface area contributed by atoms with Crippen molar-refractivity contribution in [3.8, 4) is 16.8 Å². The minimum absolute atomic E-state index is 0.0333. The van der Waals surface area contributed by atoms with Gasteiger partial charge in [-0.1, -0.05) is 17.7 Å². The second kappa shape index (κ2) is 9.42. The van der Waals surface area contributed by atoms with E-state index in [1.54, 1.807) is 37.3 Å². The molecule has 5 aromatic rings. The molecule has 2 heterocycles. The molecule has 0 atom stereocenters. The number of hydrogen-bond acceptors (Lipinski definition) is 5.